The van der Waals surface area contributed by atoms with Crippen LogP contribution < -0.4 is 5.32 Å². The number of pyridine rings is 1. The molecule has 1 aliphatic carbocycles. The van der Waals surface area contributed by atoms with Crippen LogP contribution >= 0.6 is 11.8 Å². The van der Waals surface area contributed by atoms with Gasteiger partial charge in [0.1, 0.15) is 0 Å². The first kappa shape index (κ1) is 14.3. The van der Waals surface area contributed by atoms with E-state index in [0.29, 0.717) is 12.3 Å². The number of nitrogens with one attached hydrogen (secondary N) is 1. The highest BCUT2D eigenvalue weighted by molar-refractivity contribution is 8.00. The van der Waals surface area contributed by atoms with Crippen LogP contribution in [0.3, 0.4) is 0 Å². The summed E-state index contributed by atoms with van der Waals surface area (Å²) in [5, 5.41) is 12.4. The molecule has 1 heterocycles. The number of aliphatic hydroxyl groups excluding tert-OH is 1. The number of hydrogen-bond donors (Lipinski definition) is 2. The maximum atomic E-state index is 11.8. The molecule has 0 unspecified atom stereocenters. The largest absolute Gasteiger partial charge is 0.396 e. The molecule has 2 rings (SSSR count). The molecule has 104 valence electrons. The van der Waals surface area contributed by atoms with Crippen LogP contribution in [-0.4, -0.2) is 34.9 Å². The van der Waals surface area contributed by atoms with Crippen LogP contribution in [0.25, 0.3) is 0 Å². The van der Waals surface area contributed by atoms with E-state index in [4.69, 9.17) is 0 Å². The summed E-state index contributed by atoms with van der Waals surface area (Å²) in [6.07, 6.45) is 7.78. The Balaban J connectivity index is 1.72. The second-order valence-electron chi connectivity index (χ2n) is 5.11. The summed E-state index contributed by atoms with van der Waals surface area (Å²) in [7, 11) is 0. The van der Waals surface area contributed by atoms with Crippen LogP contribution in [-0.2, 0) is 4.79 Å². The third-order valence-electron chi connectivity index (χ3n) is 3.68. The van der Waals surface area contributed by atoms with Gasteiger partial charge in [0, 0.05) is 29.2 Å². The highest BCUT2D eigenvalue weighted by atomic mass is 32.2. The van der Waals surface area contributed by atoms with Crippen molar-refractivity contribution in [3.8, 4) is 0 Å². The van der Waals surface area contributed by atoms with Gasteiger partial charge in [0.15, 0.2) is 0 Å². The number of aliphatic hydroxyl groups is 1. The molecule has 2 N–H and O–H groups in total. The summed E-state index contributed by atoms with van der Waals surface area (Å²) in [6, 6.07) is 3.79. The zero-order valence-corrected chi connectivity index (χ0v) is 11.8. The molecule has 0 radical (unpaired) electrons. The number of nitrogens with zero attached hydrogens (tertiary/aromatic N) is 1. The van der Waals surface area contributed by atoms with Crippen molar-refractivity contribution in [2.75, 3.05) is 18.9 Å². The van der Waals surface area contributed by atoms with E-state index in [9.17, 15) is 9.90 Å². The maximum absolute atomic E-state index is 11.8. The minimum absolute atomic E-state index is 0.0292. The molecule has 0 bridgehead atoms. The van der Waals surface area contributed by atoms with E-state index in [2.05, 4.69) is 10.3 Å². The fourth-order valence-electron chi connectivity index (χ4n) is 2.44. The number of hydrogen-bond acceptors (Lipinski definition) is 4. The SMILES string of the molecule is O=C(CSc1ccncc1)NCC1(CO)CCCC1. The zero-order chi connectivity index (χ0) is 13.6. The normalized spacial score (nSPS) is 17.3. The molecule has 4 nitrogen and oxygen atoms in total. The monoisotopic (exact) mass is 280 g/mol. The van der Waals surface area contributed by atoms with Gasteiger partial charge in [-0.2, -0.15) is 0 Å². The van der Waals surface area contributed by atoms with Gasteiger partial charge in [-0.05, 0) is 25.0 Å². The summed E-state index contributed by atoms with van der Waals surface area (Å²) >= 11 is 1.50. The lowest BCUT2D eigenvalue weighted by Crippen LogP contribution is -2.39. The average Bonchev–Trinajstić information content (AvgIpc) is 2.93. The topological polar surface area (TPSA) is 62.2 Å². The van der Waals surface area contributed by atoms with Crippen LogP contribution in [0.1, 0.15) is 25.7 Å². The predicted octanol–water partition coefficient (Wildman–Crippen LogP) is 1.84. The van der Waals surface area contributed by atoms with Crippen molar-refractivity contribution in [2.45, 2.75) is 30.6 Å². The lowest BCUT2D eigenvalue weighted by molar-refractivity contribution is -0.119. The van der Waals surface area contributed by atoms with E-state index in [1.54, 1.807) is 12.4 Å². The van der Waals surface area contributed by atoms with Crippen molar-refractivity contribution >= 4 is 17.7 Å². The van der Waals surface area contributed by atoms with E-state index < -0.39 is 0 Å². The molecule has 19 heavy (non-hydrogen) atoms. The number of amides is 1. The van der Waals surface area contributed by atoms with Crippen molar-refractivity contribution in [3.05, 3.63) is 24.5 Å². The first-order chi connectivity index (χ1) is 9.24. The summed E-state index contributed by atoms with van der Waals surface area (Å²) in [4.78, 5) is 16.8. The standard InChI is InChI=1S/C14H20N2O2S/c17-11-14(5-1-2-6-14)10-16-13(18)9-19-12-3-7-15-8-4-12/h3-4,7-8,17H,1-2,5-6,9-11H2,(H,16,18). The van der Waals surface area contributed by atoms with Crippen molar-refractivity contribution in [3.63, 3.8) is 0 Å². The molecular weight excluding hydrogens is 260 g/mol. The highest BCUT2D eigenvalue weighted by Gasteiger charge is 2.33. The van der Waals surface area contributed by atoms with Crippen LogP contribution in [0.15, 0.2) is 29.4 Å². The molecule has 1 aromatic heterocycles. The number of carbonyl (C=O) groups excluding carboxylic acids is 1. The third kappa shape index (κ3) is 4.21. The van der Waals surface area contributed by atoms with Crippen LogP contribution in [0.4, 0.5) is 0 Å². The minimum atomic E-state index is -0.0724. The van der Waals surface area contributed by atoms with E-state index in [-0.39, 0.29) is 17.9 Å². The Hall–Kier alpha value is -1.07. The Labute approximate surface area is 118 Å². The van der Waals surface area contributed by atoms with E-state index in [1.165, 1.54) is 11.8 Å². The molecular formula is C14H20N2O2S. The first-order valence-corrected chi connectivity index (χ1v) is 7.63. The van der Waals surface area contributed by atoms with E-state index in [0.717, 1.165) is 30.6 Å². The lowest BCUT2D eigenvalue weighted by Gasteiger charge is -2.26. The number of thioether (sulfide) groups is 1. The van der Waals surface area contributed by atoms with Gasteiger partial charge in [-0.3, -0.25) is 9.78 Å². The minimum Gasteiger partial charge on any atom is -0.396 e. The van der Waals surface area contributed by atoms with Crippen molar-refractivity contribution in [2.24, 2.45) is 5.41 Å². The molecule has 1 aliphatic rings. The molecule has 0 atom stereocenters. The molecule has 0 spiro atoms. The number of rotatable bonds is 6. The Kier molecular flexibility index (Phi) is 5.22. The Morgan fingerprint density at radius 2 is 2.05 bits per heavy atom. The highest BCUT2D eigenvalue weighted by Crippen LogP contribution is 2.36. The van der Waals surface area contributed by atoms with E-state index >= 15 is 0 Å². The van der Waals surface area contributed by atoms with Crippen LogP contribution in [0.2, 0.25) is 0 Å². The van der Waals surface area contributed by atoms with Crippen molar-refractivity contribution in [1.29, 1.82) is 0 Å². The Bertz CT molecular complexity index is 405. The average molecular weight is 280 g/mol. The van der Waals surface area contributed by atoms with Crippen LogP contribution in [0.5, 0.6) is 0 Å². The van der Waals surface area contributed by atoms with Gasteiger partial charge in [0.2, 0.25) is 5.91 Å². The van der Waals surface area contributed by atoms with Crippen molar-refractivity contribution in [1.82, 2.24) is 10.3 Å². The molecule has 1 amide bonds. The second-order valence-corrected chi connectivity index (χ2v) is 6.16. The van der Waals surface area contributed by atoms with Gasteiger partial charge in [-0.15, -0.1) is 11.8 Å². The fraction of sp³-hybridized carbons (Fsp3) is 0.571. The predicted molar refractivity (Wildman–Crippen MR) is 76.0 cm³/mol. The molecule has 0 saturated heterocycles. The molecule has 1 saturated carbocycles. The smallest absolute Gasteiger partial charge is 0.230 e. The quantitative estimate of drug-likeness (QED) is 0.781. The van der Waals surface area contributed by atoms with Gasteiger partial charge in [0.05, 0.1) is 12.4 Å². The molecule has 0 aliphatic heterocycles. The zero-order valence-electron chi connectivity index (χ0n) is 11.0. The molecule has 1 fully saturated rings. The lowest BCUT2D eigenvalue weighted by atomic mass is 9.87. The summed E-state index contributed by atoms with van der Waals surface area (Å²) in [5.41, 5.74) is -0.0724. The number of aromatic nitrogens is 1. The third-order valence-corrected chi connectivity index (χ3v) is 4.69. The van der Waals surface area contributed by atoms with E-state index in [1.807, 2.05) is 12.1 Å². The summed E-state index contributed by atoms with van der Waals surface area (Å²) < 4.78 is 0. The first-order valence-electron chi connectivity index (χ1n) is 6.64. The van der Waals surface area contributed by atoms with Crippen LogP contribution in [0, 0.1) is 5.41 Å². The second kappa shape index (κ2) is 6.91. The Morgan fingerprint density at radius 1 is 1.37 bits per heavy atom. The Morgan fingerprint density at radius 3 is 2.68 bits per heavy atom. The van der Waals surface area contributed by atoms with Gasteiger partial charge < -0.3 is 10.4 Å². The maximum Gasteiger partial charge on any atom is 0.230 e. The summed E-state index contributed by atoms with van der Waals surface area (Å²) in [6.45, 7) is 0.768. The van der Waals surface area contributed by atoms with Gasteiger partial charge in [0.25, 0.3) is 0 Å². The summed E-state index contributed by atoms with van der Waals surface area (Å²) in [5.74, 6) is 0.437. The molecule has 1 aromatic rings. The molecule has 0 aromatic carbocycles. The van der Waals surface area contributed by atoms with Crippen molar-refractivity contribution < 1.29 is 9.90 Å². The van der Waals surface area contributed by atoms with Gasteiger partial charge in [-0.25, -0.2) is 0 Å². The molecule has 5 heteroatoms. The van der Waals surface area contributed by atoms with Gasteiger partial charge in [-0.1, -0.05) is 12.8 Å². The fourth-order valence-corrected chi connectivity index (χ4v) is 3.15. The van der Waals surface area contributed by atoms with Gasteiger partial charge >= 0.3 is 0 Å². The number of carbonyl (C=O) groups is 1.